The van der Waals surface area contributed by atoms with Gasteiger partial charge in [-0.1, -0.05) is 198 Å². The predicted molar refractivity (Wildman–Crippen MR) is 540 cm³/mol. The van der Waals surface area contributed by atoms with Crippen LogP contribution in [0.3, 0.4) is 0 Å². The van der Waals surface area contributed by atoms with Crippen molar-refractivity contribution >= 4 is 75.9 Å². The summed E-state index contributed by atoms with van der Waals surface area (Å²) < 4.78 is 151. The van der Waals surface area contributed by atoms with Gasteiger partial charge in [-0.15, -0.1) is 0 Å². The molecule has 0 unspecified atom stereocenters. The smallest absolute Gasteiger partial charge is 0.416 e. The Kier molecular flexibility index (Phi) is 29.2. The highest BCUT2D eigenvalue weighted by Gasteiger charge is 2.68. The van der Waals surface area contributed by atoms with Gasteiger partial charge in [0.2, 0.25) is 17.7 Å². The van der Waals surface area contributed by atoms with Crippen molar-refractivity contribution in [2.24, 2.45) is 53.3 Å². The Morgan fingerprint density at radius 3 is 1.12 bits per heavy atom. The number of hydrogen-bond acceptors (Lipinski definition) is 16. The lowest BCUT2D eigenvalue weighted by Gasteiger charge is -2.50. The number of aryl methyl sites for hydroxylation is 1. The van der Waals surface area contributed by atoms with Crippen molar-refractivity contribution in [3.8, 4) is 5.75 Å². The fourth-order valence-electron chi connectivity index (χ4n) is 27.5. The molecule has 0 radical (unpaired) electrons. The van der Waals surface area contributed by atoms with E-state index in [9.17, 15) is 63.9 Å². The van der Waals surface area contributed by atoms with Crippen molar-refractivity contribution < 1.29 is 97.0 Å². The Hall–Kier alpha value is -10.6. The van der Waals surface area contributed by atoms with Gasteiger partial charge in [0.1, 0.15) is 17.4 Å². The first-order valence-electron chi connectivity index (χ1n) is 51.2. The molecule has 12 aliphatic rings. The van der Waals surface area contributed by atoms with Crippen molar-refractivity contribution in [2.45, 2.75) is 241 Å². The highest BCUT2D eigenvalue weighted by molar-refractivity contribution is 6.32. The zero-order valence-corrected chi connectivity index (χ0v) is 85.9. The van der Waals surface area contributed by atoms with Gasteiger partial charge in [0.15, 0.2) is 0 Å². The highest BCUT2D eigenvalue weighted by atomic mass is 35.5. The quantitative estimate of drug-likeness (QED) is 0.0422. The molecule has 3 saturated carbocycles. The standard InChI is InChI=1S/C43H54N2O4.C37H40Cl2N2O5.C37H34F8N2O4/c1-41(2,3)31-17-12-28(13-18-31)25-45-35-11-9-8-10-34(35)43(40(45)47)22-23-44-26-30-16-21-36(38(39(46)48-7)33(30)24-37(43)44)49-27-29-14-19-32(20-15-29)42(4,5)6;1-22-8-9-24(29(38)16-22)20-41-31-7-5-4-6-28(31)37(36(41)43)14-15-40-19-23-11-13-32(34(35(42)45-3)27(23)18-33(37)40)46-21-25-10-12-26(44-2)17-30(25)39;1-50-33(48)32-25-16-31-35(26-4-2-3-5-29(26)47(34(35)49)18-21-6-9-23(38)14-27(21)36(40,41)42)12-13-46(31)17-20(25)8-11-30(32)51-19-22-7-10-24(39)15-28(22)37(43,44)45/h8-15,17-20,30,33,36-38H,16,21-27H2,1-7H3;4-10,12,16-17,23,27,32-34H,11,13-15,18-21H2,1-3H3;2-7,9-10,14-15,20,25,30-32H,8,11-13,16-19H2,1H3/t30-,33-,36-,37-,38+,43-;23-,27-,32-,33-,34+,37-;20-,25-,30-,31-,32+,35-/m000/s1. The van der Waals surface area contributed by atoms with E-state index in [0.717, 1.165) is 152 Å². The number of halogens is 10. The number of nitrogens with zero attached hydrogens (tertiary/aromatic N) is 6. The van der Waals surface area contributed by atoms with Crippen LogP contribution in [0.15, 0.2) is 194 Å². The third kappa shape index (κ3) is 19.3. The lowest BCUT2D eigenvalue weighted by Crippen LogP contribution is -2.58. The molecule has 0 aromatic heterocycles. The summed E-state index contributed by atoms with van der Waals surface area (Å²) in [6.45, 7) is 20.7. The number of benzene rings is 9. The normalized spacial score (nSPS) is 28.2. The highest BCUT2D eigenvalue weighted by Crippen LogP contribution is 2.62. The molecule has 9 aliphatic heterocycles. The van der Waals surface area contributed by atoms with Gasteiger partial charge < -0.3 is 47.9 Å². The van der Waals surface area contributed by atoms with Crippen LogP contribution in [0.25, 0.3) is 0 Å². The topological polar surface area (TPSA) is 186 Å². The lowest BCUT2D eigenvalue weighted by molar-refractivity contribution is -0.166. The van der Waals surface area contributed by atoms with Crippen molar-refractivity contribution in [1.82, 2.24) is 14.7 Å². The number of carbonyl (C=O) groups excluding carboxylic acids is 6. The number of anilines is 3. The number of para-hydroxylation sites is 3. The van der Waals surface area contributed by atoms with Crippen LogP contribution in [0.5, 0.6) is 5.75 Å². The Labute approximate surface area is 858 Å². The average Bonchev–Trinajstić information content (AvgIpc) is 1.54. The van der Waals surface area contributed by atoms with Crippen LogP contribution in [-0.4, -0.2) is 154 Å². The molecule has 9 fully saturated rings. The van der Waals surface area contributed by atoms with Crippen LogP contribution in [0, 0.1) is 71.8 Å². The minimum Gasteiger partial charge on any atom is -0.497 e. The molecule has 3 aliphatic carbocycles. The number of methoxy groups -OCH3 is 4. The molecule has 0 bridgehead atoms. The zero-order valence-electron chi connectivity index (χ0n) is 84.4. The van der Waals surface area contributed by atoms with E-state index in [1.807, 2.05) is 59.2 Å². The minimum atomic E-state index is -4.85. The summed E-state index contributed by atoms with van der Waals surface area (Å²) in [7, 11) is 5.79. The molecule has 9 aromatic carbocycles. The van der Waals surface area contributed by atoms with Crippen molar-refractivity contribution in [2.75, 3.05) is 82.4 Å². The number of alkyl halides is 6. The zero-order chi connectivity index (χ0) is 103. The van der Waals surface area contributed by atoms with Gasteiger partial charge in [0.25, 0.3) is 0 Å². The Morgan fingerprint density at radius 1 is 0.390 bits per heavy atom. The van der Waals surface area contributed by atoms with Crippen LogP contribution in [0.1, 0.15) is 196 Å². The molecule has 3 amide bonds. The molecular formula is C117H128Cl2F8N6O13. The molecule has 774 valence electrons. The minimum absolute atomic E-state index is 0.0201. The van der Waals surface area contributed by atoms with Gasteiger partial charge in [0, 0.05) is 64.9 Å². The Balaban J connectivity index is 0.000000138. The van der Waals surface area contributed by atoms with Gasteiger partial charge >= 0.3 is 30.3 Å². The van der Waals surface area contributed by atoms with Crippen LogP contribution in [0.2, 0.25) is 10.0 Å². The van der Waals surface area contributed by atoms with E-state index < -0.39 is 94.5 Å². The molecule has 6 saturated heterocycles. The molecule has 29 heteroatoms. The number of carbonyl (C=O) groups is 6. The van der Waals surface area contributed by atoms with Crippen LogP contribution in [0.4, 0.5) is 52.2 Å². The molecule has 9 aromatic rings. The summed E-state index contributed by atoms with van der Waals surface area (Å²) in [5.41, 5.74) is 7.90. The van der Waals surface area contributed by atoms with Crippen molar-refractivity contribution in [3.63, 3.8) is 0 Å². The number of hydrogen-bond donors (Lipinski definition) is 0. The maximum atomic E-state index is 14.9. The molecule has 21 rings (SSSR count). The van der Waals surface area contributed by atoms with Gasteiger partial charge in [-0.05, 0) is 277 Å². The number of esters is 3. The monoisotopic (exact) mass is 2050 g/mol. The maximum absolute atomic E-state index is 14.9. The average molecular weight is 2050 g/mol. The van der Waals surface area contributed by atoms with Gasteiger partial charge in [-0.2, -0.15) is 26.3 Å². The van der Waals surface area contributed by atoms with Gasteiger partial charge in [-0.25, -0.2) is 8.78 Å². The van der Waals surface area contributed by atoms with Crippen LogP contribution >= 0.6 is 23.2 Å². The number of amides is 3. The summed E-state index contributed by atoms with van der Waals surface area (Å²) in [4.78, 5) is 97.5. The molecular weight excluding hydrogens is 1920 g/mol. The molecule has 3 spiro atoms. The Morgan fingerprint density at radius 2 is 0.740 bits per heavy atom. The third-order valence-electron chi connectivity index (χ3n) is 34.7. The van der Waals surface area contributed by atoms with Crippen molar-refractivity contribution in [1.29, 1.82) is 0 Å². The number of ether oxygens (including phenoxy) is 7. The molecule has 19 nitrogen and oxygen atoms in total. The second-order valence-electron chi connectivity index (χ2n) is 44.4. The summed E-state index contributed by atoms with van der Waals surface area (Å²) in [6.07, 6.45) is -2.69. The van der Waals surface area contributed by atoms with Gasteiger partial charge in [0.05, 0.1) is 131 Å². The Bertz CT molecular complexity index is 6420. The lowest BCUT2D eigenvalue weighted by atomic mass is 9.62. The third-order valence-corrected chi connectivity index (χ3v) is 35.4. The van der Waals surface area contributed by atoms with Crippen LogP contribution in [-0.2, 0) is 136 Å². The van der Waals surface area contributed by atoms with E-state index in [1.54, 1.807) is 37.4 Å². The predicted octanol–water partition coefficient (Wildman–Crippen LogP) is 22.6. The van der Waals surface area contributed by atoms with Crippen LogP contribution < -0.4 is 19.4 Å². The maximum Gasteiger partial charge on any atom is 0.416 e. The van der Waals surface area contributed by atoms with E-state index >= 15 is 0 Å². The number of piperidine rings is 3. The first kappa shape index (κ1) is 104. The van der Waals surface area contributed by atoms with E-state index in [-0.39, 0.29) is 105 Å². The molecule has 18 atom stereocenters. The molecule has 146 heavy (non-hydrogen) atoms. The summed E-state index contributed by atoms with van der Waals surface area (Å²) in [5, 5.41) is 1.24. The molecule has 9 heterocycles. The first-order valence-corrected chi connectivity index (χ1v) is 52.0. The van der Waals surface area contributed by atoms with Crippen molar-refractivity contribution in [3.05, 3.63) is 294 Å². The molecule has 0 N–H and O–H groups in total. The largest absolute Gasteiger partial charge is 0.497 e. The summed E-state index contributed by atoms with van der Waals surface area (Å²) in [6, 6.07) is 56.8. The fraction of sp³-hybridized carbons (Fsp3) is 0.487. The van der Waals surface area contributed by atoms with E-state index in [0.29, 0.717) is 116 Å². The van der Waals surface area contributed by atoms with E-state index in [1.165, 1.54) is 37.4 Å². The number of rotatable bonds is 19. The first-order chi connectivity index (χ1) is 69.7. The van der Waals surface area contributed by atoms with E-state index in [4.69, 9.17) is 56.4 Å². The number of fused-ring (bicyclic) bond motifs is 15. The SMILES string of the molecule is COC(=O)[C@@H]1[C@H]2C[C@@H]3N(CC[C@@]34C(=O)N(Cc3ccc(C(C)(C)C)cc3)c3ccccc34)C[C@@H]2CC[C@@H]1OCc1ccc(C(C)(C)C)cc1.COC(=O)[C@@H]1[C@H]2C[C@@H]3N(CC[C@@]34C(=O)N(Cc3ccc(C)cc3Cl)c3ccccc34)C[C@@H]2CC[C@@H]1OCc1ccc(OC)cc1Cl.COC(=O)[C@@H]1[C@H]2C[C@@H]3N(CC[C@@]34C(=O)N(Cc3ccc(F)cc3C(F)(F)F)c3ccccc34)C[C@@H]2CC[C@@H]1OCc1ccc(F)cc1C(F)(F)F. The summed E-state index contributed by atoms with van der Waals surface area (Å²) >= 11 is 13.2. The second kappa shape index (κ2) is 41.0. The van der Waals surface area contributed by atoms with Gasteiger partial charge in [-0.3, -0.25) is 43.5 Å². The fourth-order valence-corrected chi connectivity index (χ4v) is 28.0. The summed E-state index contributed by atoms with van der Waals surface area (Å²) in [5.74, 6) is -3.68. The van der Waals surface area contributed by atoms with E-state index in [2.05, 4.69) is 141 Å². The second-order valence-corrected chi connectivity index (χ2v) is 45.2.